The predicted molar refractivity (Wildman–Crippen MR) is 158 cm³/mol. The molecule has 0 saturated carbocycles. The lowest BCUT2D eigenvalue weighted by atomic mass is 10.1. The summed E-state index contributed by atoms with van der Waals surface area (Å²) in [6, 6.07) is 21.8. The summed E-state index contributed by atoms with van der Waals surface area (Å²) in [6.45, 7) is 0. The molecular weight excluding hydrogens is 508 g/mol. The first-order valence-corrected chi connectivity index (χ1v) is 12.4. The number of nitrogens with one attached hydrogen (secondary N) is 2. The monoisotopic (exact) mass is 538 g/mol. The van der Waals surface area contributed by atoms with Gasteiger partial charge in [0.25, 0.3) is 0 Å². The van der Waals surface area contributed by atoms with Gasteiger partial charge in [0.1, 0.15) is 0 Å². The van der Waals surface area contributed by atoms with Crippen molar-refractivity contribution in [3.8, 4) is 23.0 Å². The van der Waals surface area contributed by atoms with E-state index in [4.69, 9.17) is 18.9 Å². The summed E-state index contributed by atoms with van der Waals surface area (Å²) < 4.78 is 21.1. The van der Waals surface area contributed by atoms with E-state index in [0.29, 0.717) is 34.4 Å². The Bertz CT molecular complexity index is 1470. The lowest BCUT2D eigenvalue weighted by Crippen LogP contribution is -2.10. The standard InChI is InChI=1S/C32H30N2O6/c1-37-27-15-11-21(19-29(27)39-3)13-17-31(35)33-25-9-5-8-24-23(25)7-6-10-26(24)34-32(36)18-14-22-12-16-28(38-2)30(20-22)40-4/h5-20H,1-4H3,(H,33,35)(H,34,36). The van der Waals surface area contributed by atoms with E-state index in [1.807, 2.05) is 48.5 Å². The number of hydrogen-bond acceptors (Lipinski definition) is 6. The van der Waals surface area contributed by atoms with Gasteiger partial charge in [-0.15, -0.1) is 0 Å². The van der Waals surface area contributed by atoms with Crippen molar-refractivity contribution in [3.05, 3.63) is 96.1 Å². The van der Waals surface area contributed by atoms with Gasteiger partial charge in [-0.3, -0.25) is 9.59 Å². The van der Waals surface area contributed by atoms with Crippen molar-refractivity contribution in [1.82, 2.24) is 0 Å². The molecule has 0 heterocycles. The molecule has 0 aliphatic rings. The SMILES string of the molecule is COc1ccc(C=CC(=O)Nc2cccc3c(NC(=O)C=Cc4ccc(OC)c(OC)c4)cccc23)cc1OC. The maximum Gasteiger partial charge on any atom is 0.248 e. The van der Waals surface area contributed by atoms with E-state index in [1.165, 1.54) is 12.2 Å². The second-order valence-corrected chi connectivity index (χ2v) is 8.58. The number of benzene rings is 4. The first kappa shape index (κ1) is 27.8. The Balaban J connectivity index is 1.48. The Hall–Kier alpha value is -5.24. The van der Waals surface area contributed by atoms with Crippen molar-refractivity contribution in [2.45, 2.75) is 0 Å². The van der Waals surface area contributed by atoms with Crippen molar-refractivity contribution in [1.29, 1.82) is 0 Å². The van der Waals surface area contributed by atoms with Gasteiger partial charge in [-0.05, 0) is 59.7 Å². The van der Waals surface area contributed by atoms with Crippen molar-refractivity contribution in [3.63, 3.8) is 0 Å². The summed E-state index contributed by atoms with van der Waals surface area (Å²) in [7, 11) is 6.26. The van der Waals surface area contributed by atoms with Gasteiger partial charge in [-0.25, -0.2) is 0 Å². The minimum atomic E-state index is -0.297. The lowest BCUT2D eigenvalue weighted by Gasteiger charge is -2.11. The van der Waals surface area contributed by atoms with Gasteiger partial charge < -0.3 is 29.6 Å². The first-order chi connectivity index (χ1) is 19.4. The molecule has 0 bridgehead atoms. The Kier molecular flexibility index (Phi) is 9.04. The lowest BCUT2D eigenvalue weighted by molar-refractivity contribution is -0.112. The quantitative estimate of drug-likeness (QED) is 0.234. The van der Waals surface area contributed by atoms with Crippen LogP contribution < -0.4 is 29.6 Å². The molecule has 4 rings (SSSR count). The van der Waals surface area contributed by atoms with E-state index in [9.17, 15) is 9.59 Å². The summed E-state index contributed by atoms with van der Waals surface area (Å²) in [4.78, 5) is 25.5. The average Bonchev–Trinajstić information content (AvgIpc) is 2.99. The Morgan fingerprint density at radius 2 is 0.950 bits per heavy atom. The van der Waals surface area contributed by atoms with Crippen molar-refractivity contribution < 1.29 is 28.5 Å². The summed E-state index contributed by atoms with van der Waals surface area (Å²) >= 11 is 0. The molecule has 0 fully saturated rings. The topological polar surface area (TPSA) is 95.1 Å². The number of methoxy groups -OCH3 is 4. The highest BCUT2D eigenvalue weighted by Crippen LogP contribution is 2.31. The van der Waals surface area contributed by atoms with Crippen LogP contribution >= 0.6 is 0 Å². The van der Waals surface area contributed by atoms with E-state index < -0.39 is 0 Å². The molecule has 0 atom stereocenters. The molecule has 2 N–H and O–H groups in total. The van der Waals surface area contributed by atoms with E-state index in [1.54, 1.807) is 64.9 Å². The third kappa shape index (κ3) is 6.60. The van der Waals surface area contributed by atoms with Crippen molar-refractivity contribution in [2.24, 2.45) is 0 Å². The first-order valence-electron chi connectivity index (χ1n) is 12.4. The zero-order valence-corrected chi connectivity index (χ0v) is 22.7. The summed E-state index contributed by atoms with van der Waals surface area (Å²) in [5, 5.41) is 7.42. The van der Waals surface area contributed by atoms with Gasteiger partial charge in [0.15, 0.2) is 23.0 Å². The average molecular weight is 539 g/mol. The van der Waals surface area contributed by atoms with Crippen LogP contribution in [0.25, 0.3) is 22.9 Å². The maximum absolute atomic E-state index is 12.7. The van der Waals surface area contributed by atoms with Crippen molar-refractivity contribution in [2.75, 3.05) is 39.1 Å². The highest BCUT2D eigenvalue weighted by Gasteiger charge is 2.09. The summed E-state index contributed by atoms with van der Waals surface area (Å²) in [6.07, 6.45) is 6.28. The molecule has 0 aliphatic heterocycles. The molecule has 0 unspecified atom stereocenters. The number of anilines is 2. The van der Waals surface area contributed by atoms with E-state index in [-0.39, 0.29) is 11.8 Å². The number of carbonyl (C=O) groups excluding carboxylic acids is 2. The van der Waals surface area contributed by atoms with Gasteiger partial charge >= 0.3 is 0 Å². The molecule has 0 aliphatic carbocycles. The second-order valence-electron chi connectivity index (χ2n) is 8.58. The smallest absolute Gasteiger partial charge is 0.248 e. The molecule has 0 radical (unpaired) electrons. The molecule has 0 saturated heterocycles. The minimum absolute atomic E-state index is 0.297. The second kappa shape index (κ2) is 13.0. The number of amides is 2. The number of fused-ring (bicyclic) bond motifs is 1. The van der Waals surface area contributed by atoms with Gasteiger partial charge in [0.05, 0.1) is 28.4 Å². The van der Waals surface area contributed by atoms with Crippen LogP contribution in [-0.2, 0) is 9.59 Å². The van der Waals surface area contributed by atoms with Gasteiger partial charge in [0, 0.05) is 34.3 Å². The van der Waals surface area contributed by atoms with Gasteiger partial charge in [0.2, 0.25) is 11.8 Å². The van der Waals surface area contributed by atoms with Crippen LogP contribution in [0.4, 0.5) is 11.4 Å². The van der Waals surface area contributed by atoms with E-state index >= 15 is 0 Å². The molecule has 0 spiro atoms. The minimum Gasteiger partial charge on any atom is -0.493 e. The third-order valence-electron chi connectivity index (χ3n) is 6.11. The molecule has 4 aromatic carbocycles. The zero-order chi connectivity index (χ0) is 28.5. The molecule has 4 aromatic rings. The van der Waals surface area contributed by atoms with E-state index in [2.05, 4.69) is 10.6 Å². The number of hydrogen-bond donors (Lipinski definition) is 2. The van der Waals surface area contributed by atoms with Gasteiger partial charge in [-0.2, -0.15) is 0 Å². The molecular formula is C32H30N2O6. The normalized spacial score (nSPS) is 11.0. The highest BCUT2D eigenvalue weighted by molar-refractivity contribution is 6.12. The van der Waals surface area contributed by atoms with Crippen LogP contribution in [-0.4, -0.2) is 40.3 Å². The summed E-state index contributed by atoms with van der Waals surface area (Å²) in [5.74, 6) is 1.78. The zero-order valence-electron chi connectivity index (χ0n) is 22.7. The molecule has 40 heavy (non-hydrogen) atoms. The fourth-order valence-electron chi connectivity index (χ4n) is 4.13. The fraction of sp³-hybridized carbons (Fsp3) is 0.125. The van der Waals surface area contributed by atoms with Crippen LogP contribution in [0.15, 0.2) is 84.9 Å². The van der Waals surface area contributed by atoms with E-state index in [0.717, 1.165) is 21.9 Å². The van der Waals surface area contributed by atoms with Gasteiger partial charge in [-0.1, -0.05) is 36.4 Å². The van der Waals surface area contributed by atoms with Crippen molar-refractivity contribution >= 4 is 46.1 Å². The fourth-order valence-corrected chi connectivity index (χ4v) is 4.13. The Morgan fingerprint density at radius 3 is 1.32 bits per heavy atom. The molecule has 2 amide bonds. The van der Waals surface area contributed by atoms with Crippen LogP contribution in [0.3, 0.4) is 0 Å². The molecule has 0 aromatic heterocycles. The molecule has 8 heteroatoms. The molecule has 8 nitrogen and oxygen atoms in total. The third-order valence-corrected chi connectivity index (χ3v) is 6.11. The predicted octanol–water partition coefficient (Wildman–Crippen LogP) is 6.18. The maximum atomic E-state index is 12.7. The van der Waals surface area contributed by atoms with Crippen LogP contribution in [0.2, 0.25) is 0 Å². The molecule has 204 valence electrons. The van der Waals surface area contributed by atoms with Crippen LogP contribution in [0.5, 0.6) is 23.0 Å². The number of carbonyl (C=O) groups is 2. The van der Waals surface area contributed by atoms with Crippen LogP contribution in [0, 0.1) is 0 Å². The highest BCUT2D eigenvalue weighted by atomic mass is 16.5. The number of rotatable bonds is 10. The Morgan fingerprint density at radius 1 is 0.550 bits per heavy atom. The largest absolute Gasteiger partial charge is 0.493 e. The number of ether oxygens (including phenoxy) is 4. The summed E-state index contributed by atoms with van der Waals surface area (Å²) in [5.41, 5.74) is 2.82. The van der Waals surface area contributed by atoms with Crippen LogP contribution in [0.1, 0.15) is 11.1 Å². The Labute approximate surface area is 232 Å².